The van der Waals surface area contributed by atoms with Gasteiger partial charge >= 0.3 is 0 Å². The van der Waals surface area contributed by atoms with Crippen molar-refractivity contribution in [3.8, 4) is 5.75 Å². The van der Waals surface area contributed by atoms with Gasteiger partial charge in [-0.2, -0.15) is 0 Å². The zero-order chi connectivity index (χ0) is 21.2. The van der Waals surface area contributed by atoms with Crippen LogP contribution < -0.4 is 15.6 Å². The molecule has 1 aromatic carbocycles. The van der Waals surface area contributed by atoms with Crippen LogP contribution in [-0.4, -0.2) is 33.7 Å². The average molecular weight is 396 g/mol. The SMILES string of the molecule is Cc1nc2cc(=O)[nH]n2c(C)c1CC(=O)NCCOc1ccc(C(C)(C)C)cc1. The predicted molar refractivity (Wildman–Crippen MR) is 113 cm³/mol. The normalized spacial score (nSPS) is 11.6. The number of hydrogen-bond donors (Lipinski definition) is 2. The van der Waals surface area contributed by atoms with Gasteiger partial charge in [0.1, 0.15) is 12.4 Å². The highest BCUT2D eigenvalue weighted by Crippen LogP contribution is 2.24. The first-order chi connectivity index (χ1) is 13.6. The van der Waals surface area contributed by atoms with E-state index in [1.165, 1.54) is 11.6 Å². The van der Waals surface area contributed by atoms with E-state index in [2.05, 4.69) is 48.3 Å². The lowest BCUT2D eigenvalue weighted by Crippen LogP contribution is -2.30. The molecule has 7 heteroatoms. The fourth-order valence-electron chi connectivity index (χ4n) is 3.24. The first-order valence-corrected chi connectivity index (χ1v) is 9.73. The number of H-pyrrole nitrogens is 1. The summed E-state index contributed by atoms with van der Waals surface area (Å²) in [5.74, 6) is 0.670. The number of hydrogen-bond acceptors (Lipinski definition) is 4. The summed E-state index contributed by atoms with van der Waals surface area (Å²) in [6, 6.07) is 9.47. The zero-order valence-corrected chi connectivity index (χ0v) is 17.6. The Morgan fingerprint density at radius 2 is 1.90 bits per heavy atom. The molecular weight excluding hydrogens is 368 g/mol. The van der Waals surface area contributed by atoms with E-state index in [4.69, 9.17) is 4.74 Å². The third-order valence-corrected chi connectivity index (χ3v) is 4.95. The zero-order valence-electron chi connectivity index (χ0n) is 17.6. The van der Waals surface area contributed by atoms with Gasteiger partial charge in [-0.05, 0) is 37.0 Å². The van der Waals surface area contributed by atoms with Crippen molar-refractivity contribution in [1.82, 2.24) is 19.9 Å². The van der Waals surface area contributed by atoms with Crippen molar-refractivity contribution in [3.05, 3.63) is 63.2 Å². The molecule has 0 saturated carbocycles. The summed E-state index contributed by atoms with van der Waals surface area (Å²) in [5, 5.41) is 5.57. The van der Waals surface area contributed by atoms with Crippen LogP contribution in [0.5, 0.6) is 5.75 Å². The molecule has 3 rings (SSSR count). The number of benzene rings is 1. The second kappa shape index (κ2) is 8.11. The van der Waals surface area contributed by atoms with Crippen LogP contribution in [0.15, 0.2) is 35.1 Å². The third-order valence-electron chi connectivity index (χ3n) is 4.95. The number of nitrogens with one attached hydrogen (secondary N) is 2. The van der Waals surface area contributed by atoms with Gasteiger partial charge in [0.15, 0.2) is 5.65 Å². The number of rotatable bonds is 6. The molecule has 7 nitrogen and oxygen atoms in total. The average Bonchev–Trinajstić information content (AvgIpc) is 3.02. The predicted octanol–water partition coefficient (Wildman–Crippen LogP) is 2.67. The van der Waals surface area contributed by atoms with Gasteiger partial charge in [0.2, 0.25) is 5.91 Å². The van der Waals surface area contributed by atoms with E-state index >= 15 is 0 Å². The molecule has 2 N–H and O–H groups in total. The number of aryl methyl sites for hydroxylation is 2. The molecule has 0 aliphatic rings. The molecule has 0 atom stereocenters. The largest absolute Gasteiger partial charge is 0.492 e. The van der Waals surface area contributed by atoms with Crippen molar-refractivity contribution in [2.45, 2.75) is 46.5 Å². The van der Waals surface area contributed by atoms with Gasteiger partial charge in [0.25, 0.3) is 5.56 Å². The Hall–Kier alpha value is -3.09. The highest BCUT2D eigenvalue weighted by Gasteiger charge is 2.15. The highest BCUT2D eigenvalue weighted by atomic mass is 16.5. The van der Waals surface area contributed by atoms with Crippen molar-refractivity contribution in [3.63, 3.8) is 0 Å². The molecule has 0 spiro atoms. The van der Waals surface area contributed by atoms with E-state index in [-0.39, 0.29) is 23.3 Å². The monoisotopic (exact) mass is 396 g/mol. The molecule has 3 aromatic rings. The molecule has 0 fully saturated rings. The number of amides is 1. The van der Waals surface area contributed by atoms with Gasteiger partial charge < -0.3 is 10.1 Å². The third kappa shape index (κ3) is 4.85. The van der Waals surface area contributed by atoms with Crippen molar-refractivity contribution >= 4 is 11.6 Å². The minimum absolute atomic E-state index is 0.105. The van der Waals surface area contributed by atoms with E-state index in [1.54, 1.807) is 4.52 Å². The summed E-state index contributed by atoms with van der Waals surface area (Å²) < 4.78 is 7.32. The maximum atomic E-state index is 12.3. The van der Waals surface area contributed by atoms with Crippen LogP contribution in [0.1, 0.15) is 43.3 Å². The smallest absolute Gasteiger partial charge is 0.266 e. The summed E-state index contributed by atoms with van der Waals surface area (Å²) >= 11 is 0. The van der Waals surface area contributed by atoms with Crippen LogP contribution in [0, 0.1) is 13.8 Å². The number of aromatic nitrogens is 3. The van der Waals surface area contributed by atoms with E-state index in [0.29, 0.717) is 18.8 Å². The van der Waals surface area contributed by atoms with E-state index in [1.807, 2.05) is 26.0 Å². The number of fused-ring (bicyclic) bond motifs is 1. The Bertz CT molecular complexity index is 1070. The summed E-state index contributed by atoms with van der Waals surface area (Å²) in [7, 11) is 0. The first-order valence-electron chi connectivity index (χ1n) is 9.73. The number of ether oxygens (including phenoxy) is 1. The molecule has 2 heterocycles. The lowest BCUT2D eigenvalue weighted by atomic mass is 9.87. The molecule has 0 unspecified atom stereocenters. The molecule has 0 bridgehead atoms. The Morgan fingerprint density at radius 1 is 1.21 bits per heavy atom. The molecule has 0 aliphatic heterocycles. The highest BCUT2D eigenvalue weighted by molar-refractivity contribution is 5.79. The van der Waals surface area contributed by atoms with E-state index in [0.717, 1.165) is 22.7 Å². The van der Waals surface area contributed by atoms with Crippen LogP contribution >= 0.6 is 0 Å². The maximum absolute atomic E-state index is 12.3. The molecule has 29 heavy (non-hydrogen) atoms. The minimum Gasteiger partial charge on any atom is -0.492 e. The number of carbonyl (C=O) groups is 1. The lowest BCUT2D eigenvalue weighted by molar-refractivity contribution is -0.120. The molecule has 1 amide bonds. The molecule has 0 saturated heterocycles. The topological polar surface area (TPSA) is 88.5 Å². The van der Waals surface area contributed by atoms with Crippen LogP contribution in [0.4, 0.5) is 0 Å². The second-order valence-electron chi connectivity index (χ2n) is 8.22. The second-order valence-corrected chi connectivity index (χ2v) is 8.22. The van der Waals surface area contributed by atoms with Crippen LogP contribution in [0.3, 0.4) is 0 Å². The van der Waals surface area contributed by atoms with Crippen molar-refractivity contribution in [1.29, 1.82) is 0 Å². The maximum Gasteiger partial charge on any atom is 0.266 e. The summed E-state index contributed by atoms with van der Waals surface area (Å²) in [6.07, 6.45) is 0.196. The van der Waals surface area contributed by atoms with Crippen LogP contribution in [0.25, 0.3) is 5.65 Å². The van der Waals surface area contributed by atoms with Gasteiger partial charge in [-0.1, -0.05) is 32.9 Å². The van der Waals surface area contributed by atoms with Gasteiger partial charge in [-0.25, -0.2) is 9.50 Å². The van der Waals surface area contributed by atoms with Gasteiger partial charge in [-0.15, -0.1) is 0 Å². The minimum atomic E-state index is -0.214. The molecule has 154 valence electrons. The first kappa shape index (κ1) is 20.6. The Kier molecular flexibility index (Phi) is 5.77. The molecule has 2 aromatic heterocycles. The summed E-state index contributed by atoms with van der Waals surface area (Å²) in [5.41, 5.74) is 4.05. The quantitative estimate of drug-likeness (QED) is 0.627. The van der Waals surface area contributed by atoms with Gasteiger partial charge in [0.05, 0.1) is 13.0 Å². The van der Waals surface area contributed by atoms with Crippen molar-refractivity contribution in [2.24, 2.45) is 0 Å². The standard InChI is InChI=1S/C22H28N4O3/c1-14-18(15(2)26-19(24-14)13-21(28)25-26)12-20(27)23-10-11-29-17-8-6-16(7-9-17)22(3,4)5/h6-9,13H,10-12H2,1-5H3,(H,23,27)(H,25,28). The fourth-order valence-corrected chi connectivity index (χ4v) is 3.24. The Labute approximate surface area is 170 Å². The Balaban J connectivity index is 1.53. The number of nitrogens with zero attached hydrogens (tertiary/aromatic N) is 2. The van der Waals surface area contributed by atoms with Crippen molar-refractivity contribution in [2.75, 3.05) is 13.2 Å². The fraction of sp³-hybridized carbons (Fsp3) is 0.409. The Morgan fingerprint density at radius 3 is 2.55 bits per heavy atom. The summed E-state index contributed by atoms with van der Waals surface area (Å²) in [6.45, 7) is 11.0. The van der Waals surface area contributed by atoms with E-state index in [9.17, 15) is 9.59 Å². The van der Waals surface area contributed by atoms with Gasteiger partial charge in [-0.3, -0.25) is 14.7 Å². The van der Waals surface area contributed by atoms with Crippen molar-refractivity contribution < 1.29 is 9.53 Å². The van der Waals surface area contributed by atoms with E-state index < -0.39 is 0 Å². The van der Waals surface area contributed by atoms with Crippen LogP contribution in [0.2, 0.25) is 0 Å². The van der Waals surface area contributed by atoms with Crippen LogP contribution in [-0.2, 0) is 16.6 Å². The summed E-state index contributed by atoms with van der Waals surface area (Å²) in [4.78, 5) is 28.3. The number of carbonyl (C=O) groups excluding carboxylic acids is 1. The molecular formula is C22H28N4O3. The van der Waals surface area contributed by atoms with Gasteiger partial charge in [0, 0.05) is 23.0 Å². The number of aromatic amines is 1. The molecule has 0 radical (unpaired) electrons. The lowest BCUT2D eigenvalue weighted by Gasteiger charge is -2.19. The molecule has 0 aliphatic carbocycles.